The number of benzene rings is 1. The molecule has 0 aliphatic rings. The SMILES string of the molecule is Cl.Cl.NC(CSSC(Cc1ccccc1)C(N)C(=O)O)C(=O)O. The molecule has 6 N–H and O–H groups in total. The van der Waals surface area contributed by atoms with Crippen molar-refractivity contribution in [2.75, 3.05) is 5.75 Å². The molecule has 1 rings (SSSR count). The monoisotopic (exact) mass is 402 g/mol. The molecule has 0 saturated heterocycles. The predicted molar refractivity (Wildman–Crippen MR) is 99.7 cm³/mol. The van der Waals surface area contributed by atoms with Gasteiger partial charge in [-0.25, -0.2) is 0 Å². The van der Waals surface area contributed by atoms with Crippen molar-refractivity contribution in [2.45, 2.75) is 23.8 Å². The highest BCUT2D eigenvalue weighted by atomic mass is 35.5. The Bertz CT molecular complexity index is 482. The van der Waals surface area contributed by atoms with Gasteiger partial charge in [0.1, 0.15) is 12.1 Å². The smallest absolute Gasteiger partial charge is 0.321 e. The Morgan fingerprint density at radius 2 is 1.61 bits per heavy atom. The summed E-state index contributed by atoms with van der Waals surface area (Å²) in [4.78, 5) is 21.7. The third-order valence-corrected chi connectivity index (χ3v) is 5.62. The van der Waals surface area contributed by atoms with E-state index in [1.54, 1.807) is 0 Å². The zero-order chi connectivity index (χ0) is 15.8. The third-order valence-electron chi connectivity index (χ3n) is 2.72. The highest BCUT2D eigenvalue weighted by molar-refractivity contribution is 8.77. The summed E-state index contributed by atoms with van der Waals surface area (Å²) in [6.45, 7) is 0. The lowest BCUT2D eigenvalue weighted by molar-refractivity contribution is -0.139. The normalized spacial score (nSPS) is 13.8. The van der Waals surface area contributed by atoms with Crippen LogP contribution in [0.25, 0.3) is 0 Å². The number of nitrogens with two attached hydrogens (primary N) is 2. The van der Waals surface area contributed by atoms with Crippen molar-refractivity contribution in [1.82, 2.24) is 0 Å². The standard InChI is InChI=1S/C13H18N2O4S2.2ClH/c14-9(12(16)17)7-20-21-10(11(15)13(18)19)6-8-4-2-1-3-5-8;;/h1-5,9-11H,6-7,14-15H2,(H,16,17)(H,18,19);2*1H. The largest absolute Gasteiger partial charge is 0.480 e. The molecule has 3 atom stereocenters. The van der Waals surface area contributed by atoms with Gasteiger partial charge in [0, 0.05) is 11.0 Å². The van der Waals surface area contributed by atoms with Crippen LogP contribution in [0.15, 0.2) is 30.3 Å². The molecule has 0 aromatic heterocycles. The quantitative estimate of drug-likeness (QED) is 0.459. The average molecular weight is 403 g/mol. The molecule has 132 valence electrons. The molecule has 1 aromatic rings. The molecule has 0 aliphatic heterocycles. The van der Waals surface area contributed by atoms with Gasteiger partial charge in [-0.05, 0) is 12.0 Å². The molecular weight excluding hydrogens is 383 g/mol. The lowest BCUT2D eigenvalue weighted by Gasteiger charge is -2.20. The maximum absolute atomic E-state index is 11.1. The van der Waals surface area contributed by atoms with Gasteiger partial charge in [-0.15, -0.1) is 24.8 Å². The molecule has 0 heterocycles. The molecule has 1 aromatic carbocycles. The van der Waals surface area contributed by atoms with E-state index in [9.17, 15) is 9.59 Å². The molecule has 0 aliphatic carbocycles. The molecule has 6 nitrogen and oxygen atoms in total. The summed E-state index contributed by atoms with van der Waals surface area (Å²) in [5.74, 6) is -1.96. The van der Waals surface area contributed by atoms with E-state index in [2.05, 4.69) is 0 Å². The third kappa shape index (κ3) is 9.29. The zero-order valence-corrected chi connectivity index (χ0v) is 15.3. The number of carboxylic acid groups (broad SMARTS) is 2. The molecule has 23 heavy (non-hydrogen) atoms. The number of hydrogen-bond acceptors (Lipinski definition) is 6. The number of hydrogen-bond donors (Lipinski definition) is 4. The summed E-state index contributed by atoms with van der Waals surface area (Å²) < 4.78 is 0. The lowest BCUT2D eigenvalue weighted by Crippen LogP contribution is -2.41. The Balaban J connectivity index is 0. The summed E-state index contributed by atoms with van der Waals surface area (Å²) >= 11 is 0. The summed E-state index contributed by atoms with van der Waals surface area (Å²) in [6, 6.07) is 7.42. The van der Waals surface area contributed by atoms with Crippen LogP contribution in [0.2, 0.25) is 0 Å². The first-order valence-corrected chi connectivity index (χ1v) is 8.59. The fourth-order valence-corrected chi connectivity index (χ4v) is 4.30. The lowest BCUT2D eigenvalue weighted by atomic mass is 10.1. The average Bonchev–Trinajstić information content (AvgIpc) is 2.46. The van der Waals surface area contributed by atoms with Gasteiger partial charge >= 0.3 is 11.9 Å². The molecule has 0 amide bonds. The molecular formula is C13H20Cl2N2O4S2. The van der Waals surface area contributed by atoms with Crippen LogP contribution in [0.4, 0.5) is 0 Å². The molecule has 0 spiro atoms. The van der Waals surface area contributed by atoms with Gasteiger partial charge in [0.05, 0.1) is 0 Å². The van der Waals surface area contributed by atoms with Gasteiger partial charge in [0.25, 0.3) is 0 Å². The van der Waals surface area contributed by atoms with Crippen LogP contribution in [0.1, 0.15) is 5.56 Å². The van der Waals surface area contributed by atoms with Gasteiger partial charge < -0.3 is 21.7 Å². The summed E-state index contributed by atoms with van der Waals surface area (Å²) in [6.07, 6.45) is 0.494. The van der Waals surface area contributed by atoms with E-state index in [4.69, 9.17) is 21.7 Å². The van der Waals surface area contributed by atoms with Crippen LogP contribution in [0.5, 0.6) is 0 Å². The van der Waals surface area contributed by atoms with Gasteiger partial charge in [0.2, 0.25) is 0 Å². The van der Waals surface area contributed by atoms with E-state index in [1.165, 1.54) is 21.6 Å². The fraction of sp³-hybridized carbons (Fsp3) is 0.385. The topological polar surface area (TPSA) is 127 Å². The number of rotatable bonds is 9. The molecule has 0 bridgehead atoms. The Kier molecular flexibility index (Phi) is 13.6. The molecule has 0 radical (unpaired) electrons. The first-order chi connectivity index (χ1) is 9.91. The molecule has 3 unspecified atom stereocenters. The molecule has 0 fully saturated rings. The minimum atomic E-state index is -1.08. The Morgan fingerprint density at radius 3 is 2.09 bits per heavy atom. The van der Waals surface area contributed by atoms with Crippen molar-refractivity contribution in [3.63, 3.8) is 0 Å². The molecule has 10 heteroatoms. The van der Waals surface area contributed by atoms with Crippen LogP contribution in [-0.4, -0.2) is 45.2 Å². The highest BCUT2D eigenvalue weighted by Crippen LogP contribution is 2.31. The number of carboxylic acids is 2. The van der Waals surface area contributed by atoms with E-state index in [0.29, 0.717) is 6.42 Å². The molecule has 0 saturated carbocycles. The number of carbonyl (C=O) groups is 2. The fourth-order valence-electron chi connectivity index (χ4n) is 1.50. The maximum atomic E-state index is 11.1. The minimum Gasteiger partial charge on any atom is -0.480 e. The van der Waals surface area contributed by atoms with Crippen molar-refractivity contribution < 1.29 is 19.8 Å². The Hall–Kier alpha value is -0.640. The van der Waals surface area contributed by atoms with Crippen LogP contribution >= 0.6 is 46.4 Å². The maximum Gasteiger partial charge on any atom is 0.321 e. The van der Waals surface area contributed by atoms with Crippen LogP contribution in [-0.2, 0) is 16.0 Å². The zero-order valence-electron chi connectivity index (χ0n) is 12.0. The first kappa shape index (κ1) is 24.6. The van der Waals surface area contributed by atoms with Crippen LogP contribution in [0.3, 0.4) is 0 Å². The van der Waals surface area contributed by atoms with Gasteiger partial charge in [-0.3, -0.25) is 9.59 Å². The van der Waals surface area contributed by atoms with Gasteiger partial charge in [-0.1, -0.05) is 51.9 Å². The van der Waals surface area contributed by atoms with Crippen molar-refractivity contribution in [1.29, 1.82) is 0 Å². The van der Waals surface area contributed by atoms with Gasteiger partial charge in [0.15, 0.2) is 0 Å². The van der Waals surface area contributed by atoms with E-state index in [-0.39, 0.29) is 35.8 Å². The van der Waals surface area contributed by atoms with Crippen molar-refractivity contribution in [3.05, 3.63) is 35.9 Å². The van der Waals surface area contributed by atoms with Gasteiger partial charge in [-0.2, -0.15) is 0 Å². The predicted octanol–water partition coefficient (Wildman–Crippen LogP) is 1.65. The highest BCUT2D eigenvalue weighted by Gasteiger charge is 2.26. The Morgan fingerprint density at radius 1 is 1.04 bits per heavy atom. The van der Waals surface area contributed by atoms with E-state index < -0.39 is 24.0 Å². The Labute approximate surface area is 155 Å². The summed E-state index contributed by atoms with van der Waals surface area (Å²) in [5, 5.41) is 17.4. The summed E-state index contributed by atoms with van der Waals surface area (Å²) in [5.41, 5.74) is 12.1. The van der Waals surface area contributed by atoms with E-state index >= 15 is 0 Å². The number of aliphatic carboxylic acids is 2. The first-order valence-electron chi connectivity index (χ1n) is 6.20. The van der Waals surface area contributed by atoms with Crippen molar-refractivity contribution in [3.8, 4) is 0 Å². The van der Waals surface area contributed by atoms with E-state index in [0.717, 1.165) is 5.56 Å². The van der Waals surface area contributed by atoms with Crippen LogP contribution in [0, 0.1) is 0 Å². The van der Waals surface area contributed by atoms with E-state index in [1.807, 2.05) is 30.3 Å². The number of halogens is 2. The van der Waals surface area contributed by atoms with Crippen molar-refractivity contribution >= 4 is 58.3 Å². The summed E-state index contributed by atoms with van der Waals surface area (Å²) in [7, 11) is 2.50. The second kappa shape index (κ2) is 12.7. The second-order valence-corrected chi connectivity index (χ2v) is 7.07. The van der Waals surface area contributed by atoms with Crippen LogP contribution < -0.4 is 11.5 Å². The van der Waals surface area contributed by atoms with Crippen molar-refractivity contribution in [2.24, 2.45) is 11.5 Å². The second-order valence-electron chi connectivity index (χ2n) is 4.42. The minimum absolute atomic E-state index is 0.